The third-order valence-corrected chi connectivity index (χ3v) is 4.18. The van der Waals surface area contributed by atoms with Gasteiger partial charge < -0.3 is 5.73 Å². The van der Waals surface area contributed by atoms with Crippen LogP contribution >= 0.6 is 11.8 Å². The van der Waals surface area contributed by atoms with E-state index >= 15 is 0 Å². The number of rotatable bonds is 5. The van der Waals surface area contributed by atoms with Crippen molar-refractivity contribution in [3.05, 3.63) is 59.4 Å². The van der Waals surface area contributed by atoms with Crippen LogP contribution in [0.3, 0.4) is 0 Å². The second-order valence-corrected chi connectivity index (χ2v) is 5.90. The Bertz CT molecular complexity index is 608. The highest BCUT2D eigenvalue weighted by Gasteiger charge is 2.14. The average Bonchev–Trinajstić information content (AvgIpc) is 2.43. The summed E-state index contributed by atoms with van der Waals surface area (Å²) in [6.07, 6.45) is 1.16. The summed E-state index contributed by atoms with van der Waals surface area (Å²) in [6, 6.07) is 8.09. The van der Waals surface area contributed by atoms with Gasteiger partial charge in [-0.15, -0.1) is 0 Å². The lowest BCUT2D eigenvalue weighted by atomic mass is 10.0. The summed E-state index contributed by atoms with van der Waals surface area (Å²) < 4.78 is 41.2. The number of benzene rings is 2. The Morgan fingerprint density at radius 3 is 2.33 bits per heavy atom. The molecule has 2 rings (SSSR count). The van der Waals surface area contributed by atoms with Crippen molar-refractivity contribution in [3.63, 3.8) is 0 Å². The molecule has 0 aromatic heterocycles. The van der Waals surface area contributed by atoms with Crippen molar-refractivity contribution >= 4 is 11.8 Å². The van der Waals surface area contributed by atoms with E-state index in [1.807, 2.05) is 6.92 Å². The molecule has 1 nitrogen and oxygen atoms in total. The molecule has 2 N–H and O–H groups in total. The van der Waals surface area contributed by atoms with Crippen LogP contribution in [0.15, 0.2) is 46.2 Å². The second-order valence-electron chi connectivity index (χ2n) is 4.82. The summed E-state index contributed by atoms with van der Waals surface area (Å²) in [6.45, 7) is 1.92. The first-order chi connectivity index (χ1) is 9.99. The largest absolute Gasteiger partial charge is 0.327 e. The molecule has 1 unspecified atom stereocenters. The molecule has 112 valence electrons. The minimum Gasteiger partial charge on any atom is -0.327 e. The molecule has 0 aliphatic heterocycles. The molecule has 0 saturated heterocycles. The Hall–Kier alpha value is -1.46. The summed E-state index contributed by atoms with van der Waals surface area (Å²) >= 11 is 0.867. The van der Waals surface area contributed by atoms with Gasteiger partial charge in [-0.05, 0) is 48.7 Å². The maximum Gasteiger partial charge on any atom is 0.140 e. The molecule has 1 atom stereocenters. The van der Waals surface area contributed by atoms with Gasteiger partial charge in [-0.2, -0.15) is 0 Å². The lowest BCUT2D eigenvalue weighted by Gasteiger charge is -2.11. The summed E-state index contributed by atoms with van der Waals surface area (Å²) in [7, 11) is 0. The summed E-state index contributed by atoms with van der Waals surface area (Å²) in [5.41, 5.74) is 6.32. The fourth-order valence-electron chi connectivity index (χ4n) is 1.92. The minimum atomic E-state index is -0.650. The predicted molar refractivity (Wildman–Crippen MR) is 78.9 cm³/mol. The van der Waals surface area contributed by atoms with Gasteiger partial charge in [0.25, 0.3) is 0 Å². The molecule has 5 heteroatoms. The van der Waals surface area contributed by atoms with Crippen molar-refractivity contribution in [3.8, 4) is 0 Å². The molecule has 21 heavy (non-hydrogen) atoms. The van der Waals surface area contributed by atoms with E-state index in [4.69, 9.17) is 5.73 Å². The molecule has 0 bridgehead atoms. The standard InChI is InChI=1S/C16H16F3NS/c1-2-12(20)6-10-7-14(18)16(15(19)8-10)21-13-5-3-4-11(17)9-13/h3-5,7-9,12H,2,6,20H2,1H3. The molecule has 0 radical (unpaired) electrons. The van der Waals surface area contributed by atoms with Crippen LogP contribution in [-0.2, 0) is 6.42 Å². The van der Waals surface area contributed by atoms with Crippen LogP contribution in [-0.4, -0.2) is 6.04 Å². The maximum absolute atomic E-state index is 14.1. The highest BCUT2D eigenvalue weighted by Crippen LogP contribution is 2.33. The number of hydrogen-bond acceptors (Lipinski definition) is 2. The molecule has 2 aromatic rings. The third kappa shape index (κ3) is 4.25. The molecule has 0 saturated carbocycles. The third-order valence-electron chi connectivity index (χ3n) is 3.10. The van der Waals surface area contributed by atoms with E-state index in [-0.39, 0.29) is 10.9 Å². The van der Waals surface area contributed by atoms with Crippen LogP contribution in [0.4, 0.5) is 13.2 Å². The van der Waals surface area contributed by atoms with Crippen LogP contribution < -0.4 is 5.73 Å². The Balaban J connectivity index is 2.25. The van der Waals surface area contributed by atoms with Crippen molar-refractivity contribution in [2.75, 3.05) is 0 Å². The molecule has 0 spiro atoms. The van der Waals surface area contributed by atoms with E-state index in [9.17, 15) is 13.2 Å². The number of nitrogens with two attached hydrogens (primary N) is 1. The zero-order valence-electron chi connectivity index (χ0n) is 11.6. The molecule has 0 aliphatic carbocycles. The predicted octanol–water partition coefficient (Wildman–Crippen LogP) is 4.53. The van der Waals surface area contributed by atoms with Crippen molar-refractivity contribution in [1.82, 2.24) is 0 Å². The highest BCUT2D eigenvalue weighted by atomic mass is 32.2. The molecule has 0 amide bonds. The van der Waals surface area contributed by atoms with E-state index in [1.54, 1.807) is 6.07 Å². The average molecular weight is 311 g/mol. The smallest absolute Gasteiger partial charge is 0.140 e. The van der Waals surface area contributed by atoms with Gasteiger partial charge in [0.05, 0.1) is 4.90 Å². The summed E-state index contributed by atoms with van der Waals surface area (Å²) in [4.78, 5) is 0.320. The molecule has 2 aromatic carbocycles. The zero-order chi connectivity index (χ0) is 15.4. The Labute approximate surface area is 126 Å². The SMILES string of the molecule is CCC(N)Cc1cc(F)c(Sc2cccc(F)c2)c(F)c1. The fraction of sp³-hybridized carbons (Fsp3) is 0.250. The van der Waals surface area contributed by atoms with E-state index in [0.29, 0.717) is 16.9 Å². The van der Waals surface area contributed by atoms with Gasteiger partial charge in [-0.1, -0.05) is 24.8 Å². The van der Waals surface area contributed by atoms with E-state index in [1.165, 1.54) is 30.3 Å². The Morgan fingerprint density at radius 2 is 1.76 bits per heavy atom. The molecular weight excluding hydrogens is 295 g/mol. The zero-order valence-corrected chi connectivity index (χ0v) is 12.4. The maximum atomic E-state index is 14.1. The topological polar surface area (TPSA) is 26.0 Å². The van der Waals surface area contributed by atoms with E-state index in [2.05, 4.69) is 0 Å². The van der Waals surface area contributed by atoms with E-state index < -0.39 is 17.5 Å². The monoisotopic (exact) mass is 311 g/mol. The minimum absolute atomic E-state index is 0.120. The molecule has 0 heterocycles. The number of hydrogen-bond donors (Lipinski definition) is 1. The van der Waals surface area contributed by atoms with E-state index in [0.717, 1.165) is 18.2 Å². The van der Waals surface area contributed by atoms with Gasteiger partial charge in [0.2, 0.25) is 0 Å². The summed E-state index contributed by atoms with van der Waals surface area (Å²) in [5, 5.41) is 0. The first kappa shape index (κ1) is 15.9. The fourth-order valence-corrected chi connectivity index (χ4v) is 2.79. The van der Waals surface area contributed by atoms with Crippen molar-refractivity contribution in [1.29, 1.82) is 0 Å². The highest BCUT2D eigenvalue weighted by molar-refractivity contribution is 7.99. The first-order valence-corrected chi connectivity index (χ1v) is 7.48. The van der Waals surface area contributed by atoms with Crippen molar-refractivity contribution in [2.24, 2.45) is 5.73 Å². The van der Waals surface area contributed by atoms with Crippen molar-refractivity contribution in [2.45, 2.75) is 35.6 Å². The van der Waals surface area contributed by atoms with Crippen LogP contribution in [0, 0.1) is 17.5 Å². The lowest BCUT2D eigenvalue weighted by molar-refractivity contribution is 0.533. The molecular formula is C16H16F3NS. The van der Waals surface area contributed by atoms with Gasteiger partial charge in [-0.25, -0.2) is 13.2 Å². The Kier molecular flexibility index (Phi) is 5.31. The van der Waals surface area contributed by atoms with Gasteiger partial charge in [0, 0.05) is 10.9 Å². The van der Waals surface area contributed by atoms with Crippen molar-refractivity contribution < 1.29 is 13.2 Å². The molecule has 0 fully saturated rings. The van der Waals surface area contributed by atoms with Gasteiger partial charge >= 0.3 is 0 Å². The van der Waals surface area contributed by atoms with Gasteiger partial charge in [0.1, 0.15) is 17.5 Å². The first-order valence-electron chi connectivity index (χ1n) is 6.66. The van der Waals surface area contributed by atoms with Gasteiger partial charge in [-0.3, -0.25) is 0 Å². The van der Waals surface area contributed by atoms with Crippen LogP contribution in [0.5, 0.6) is 0 Å². The Morgan fingerprint density at radius 1 is 1.10 bits per heavy atom. The van der Waals surface area contributed by atoms with Crippen LogP contribution in [0.25, 0.3) is 0 Å². The normalized spacial score (nSPS) is 12.4. The quantitative estimate of drug-likeness (QED) is 0.877. The number of halogens is 3. The van der Waals surface area contributed by atoms with Crippen LogP contribution in [0.1, 0.15) is 18.9 Å². The van der Waals surface area contributed by atoms with Crippen LogP contribution in [0.2, 0.25) is 0 Å². The molecule has 0 aliphatic rings. The second kappa shape index (κ2) is 7.00. The van der Waals surface area contributed by atoms with Gasteiger partial charge in [0.15, 0.2) is 0 Å². The summed E-state index contributed by atoms with van der Waals surface area (Å²) in [5.74, 6) is -1.74. The lowest BCUT2D eigenvalue weighted by Crippen LogP contribution is -2.21.